The molecule has 1 atom stereocenters. The number of hydrogen-bond acceptors (Lipinski definition) is 4. The lowest BCUT2D eigenvalue weighted by atomic mass is 10.1. The molecule has 1 saturated heterocycles. The highest BCUT2D eigenvalue weighted by Gasteiger charge is 2.17. The Balaban J connectivity index is 2.02. The number of nitrogens with one attached hydrogen (secondary N) is 2. The van der Waals surface area contributed by atoms with E-state index in [4.69, 9.17) is 4.74 Å². The zero-order valence-electron chi connectivity index (χ0n) is 11.9. The molecule has 0 aromatic heterocycles. The van der Waals surface area contributed by atoms with Crippen molar-refractivity contribution in [2.45, 2.75) is 43.7 Å². The van der Waals surface area contributed by atoms with Gasteiger partial charge in [0.15, 0.2) is 0 Å². The molecule has 20 heavy (non-hydrogen) atoms. The van der Waals surface area contributed by atoms with Gasteiger partial charge in [0.05, 0.1) is 4.90 Å². The third kappa shape index (κ3) is 4.19. The van der Waals surface area contributed by atoms with Crippen molar-refractivity contribution in [2.24, 2.45) is 0 Å². The van der Waals surface area contributed by atoms with Gasteiger partial charge in [-0.3, -0.25) is 0 Å². The van der Waals surface area contributed by atoms with Crippen molar-refractivity contribution >= 4 is 10.0 Å². The first kappa shape index (κ1) is 15.3. The topological polar surface area (TPSA) is 67.4 Å². The fourth-order valence-electron chi connectivity index (χ4n) is 2.19. The largest absolute Gasteiger partial charge is 0.489 e. The van der Waals surface area contributed by atoms with Crippen LogP contribution in [0, 0.1) is 0 Å². The number of piperidine rings is 1. The molecule has 1 fully saturated rings. The van der Waals surface area contributed by atoms with Gasteiger partial charge in [-0.05, 0) is 57.5 Å². The van der Waals surface area contributed by atoms with Crippen molar-refractivity contribution in [1.82, 2.24) is 10.0 Å². The van der Waals surface area contributed by atoms with Crippen LogP contribution in [0.2, 0.25) is 0 Å². The molecule has 0 amide bonds. The summed E-state index contributed by atoms with van der Waals surface area (Å²) in [4.78, 5) is 0.264. The Labute approximate surface area is 120 Å². The SMILES string of the molecule is CC(C)NS(=O)(=O)c1ccc(OC2CCCNC2)cc1. The van der Waals surface area contributed by atoms with E-state index in [0.717, 1.165) is 25.9 Å². The van der Waals surface area contributed by atoms with E-state index in [1.807, 2.05) is 0 Å². The van der Waals surface area contributed by atoms with Gasteiger partial charge in [0.2, 0.25) is 10.0 Å². The Morgan fingerprint density at radius 2 is 2.00 bits per heavy atom. The summed E-state index contributed by atoms with van der Waals surface area (Å²) in [6.07, 6.45) is 2.30. The van der Waals surface area contributed by atoms with E-state index in [1.54, 1.807) is 38.1 Å². The maximum Gasteiger partial charge on any atom is 0.240 e. The molecule has 6 heteroatoms. The van der Waals surface area contributed by atoms with E-state index >= 15 is 0 Å². The molecule has 1 aliphatic rings. The summed E-state index contributed by atoms with van der Waals surface area (Å²) < 4.78 is 32.3. The number of rotatable bonds is 5. The molecule has 5 nitrogen and oxygen atoms in total. The Bertz CT molecular complexity index is 520. The van der Waals surface area contributed by atoms with E-state index in [9.17, 15) is 8.42 Å². The minimum absolute atomic E-state index is 0.121. The van der Waals surface area contributed by atoms with Crippen molar-refractivity contribution in [2.75, 3.05) is 13.1 Å². The van der Waals surface area contributed by atoms with E-state index < -0.39 is 10.0 Å². The maximum atomic E-state index is 12.0. The second-order valence-corrected chi connectivity index (χ2v) is 7.05. The van der Waals surface area contributed by atoms with Crippen molar-refractivity contribution < 1.29 is 13.2 Å². The minimum Gasteiger partial charge on any atom is -0.489 e. The fourth-order valence-corrected chi connectivity index (χ4v) is 3.44. The minimum atomic E-state index is -3.43. The molecule has 0 spiro atoms. The predicted octanol–water partition coefficient (Wildman–Crippen LogP) is 1.50. The molecule has 1 aromatic carbocycles. The third-order valence-electron chi connectivity index (χ3n) is 3.08. The van der Waals surface area contributed by atoms with E-state index in [-0.39, 0.29) is 17.0 Å². The molecule has 0 bridgehead atoms. The Morgan fingerprint density at radius 3 is 2.55 bits per heavy atom. The lowest BCUT2D eigenvalue weighted by Gasteiger charge is -2.24. The second-order valence-electron chi connectivity index (χ2n) is 5.33. The highest BCUT2D eigenvalue weighted by molar-refractivity contribution is 7.89. The van der Waals surface area contributed by atoms with Crippen LogP contribution in [0.3, 0.4) is 0 Å². The van der Waals surface area contributed by atoms with Gasteiger partial charge >= 0.3 is 0 Å². The average Bonchev–Trinajstić information content (AvgIpc) is 2.39. The Morgan fingerprint density at radius 1 is 1.30 bits per heavy atom. The Kier molecular flexibility index (Phi) is 5.01. The molecular weight excluding hydrogens is 276 g/mol. The summed E-state index contributed by atoms with van der Waals surface area (Å²) in [5.74, 6) is 0.710. The first-order chi connectivity index (χ1) is 9.47. The third-order valence-corrected chi connectivity index (χ3v) is 4.75. The molecule has 1 heterocycles. The van der Waals surface area contributed by atoms with Gasteiger partial charge in [-0.15, -0.1) is 0 Å². The molecule has 0 aliphatic carbocycles. The van der Waals surface area contributed by atoms with Crippen LogP contribution in [0.15, 0.2) is 29.2 Å². The number of ether oxygens (including phenoxy) is 1. The van der Waals surface area contributed by atoms with Crippen LogP contribution in [0.25, 0.3) is 0 Å². The molecule has 2 N–H and O–H groups in total. The standard InChI is InChI=1S/C14H22N2O3S/c1-11(2)16-20(17,18)14-7-5-12(6-8-14)19-13-4-3-9-15-10-13/h5-8,11,13,15-16H,3-4,9-10H2,1-2H3. The van der Waals surface area contributed by atoms with Gasteiger partial charge in [0.1, 0.15) is 11.9 Å². The average molecular weight is 298 g/mol. The zero-order chi connectivity index (χ0) is 14.6. The molecule has 1 aromatic rings. The molecule has 112 valence electrons. The summed E-state index contributed by atoms with van der Waals surface area (Å²) in [6.45, 7) is 5.48. The van der Waals surface area contributed by atoms with Gasteiger partial charge in [-0.25, -0.2) is 13.1 Å². The van der Waals surface area contributed by atoms with Crippen molar-refractivity contribution in [3.63, 3.8) is 0 Å². The summed E-state index contributed by atoms with van der Waals surface area (Å²) in [7, 11) is -3.43. The quantitative estimate of drug-likeness (QED) is 0.864. The molecule has 0 radical (unpaired) electrons. The molecule has 0 saturated carbocycles. The van der Waals surface area contributed by atoms with Crippen LogP contribution in [0.5, 0.6) is 5.75 Å². The smallest absolute Gasteiger partial charge is 0.240 e. The van der Waals surface area contributed by atoms with Crippen LogP contribution >= 0.6 is 0 Å². The highest BCUT2D eigenvalue weighted by Crippen LogP contribution is 2.19. The van der Waals surface area contributed by atoms with Crippen LogP contribution in [-0.4, -0.2) is 33.7 Å². The lowest BCUT2D eigenvalue weighted by molar-refractivity contribution is 0.167. The van der Waals surface area contributed by atoms with E-state index in [1.165, 1.54) is 0 Å². The summed E-state index contributed by atoms with van der Waals surface area (Å²) in [5.41, 5.74) is 0. The molecule has 1 unspecified atom stereocenters. The molecule has 2 rings (SSSR count). The zero-order valence-corrected chi connectivity index (χ0v) is 12.7. The van der Waals surface area contributed by atoms with Gasteiger partial charge in [0, 0.05) is 12.6 Å². The van der Waals surface area contributed by atoms with Gasteiger partial charge in [-0.2, -0.15) is 0 Å². The van der Waals surface area contributed by atoms with Crippen molar-refractivity contribution in [1.29, 1.82) is 0 Å². The highest BCUT2D eigenvalue weighted by atomic mass is 32.2. The lowest BCUT2D eigenvalue weighted by Crippen LogP contribution is -2.37. The van der Waals surface area contributed by atoms with Crippen LogP contribution in [-0.2, 0) is 10.0 Å². The monoisotopic (exact) mass is 298 g/mol. The number of hydrogen-bond donors (Lipinski definition) is 2. The van der Waals surface area contributed by atoms with Crippen molar-refractivity contribution in [3.8, 4) is 5.75 Å². The summed E-state index contributed by atoms with van der Waals surface area (Å²) in [6, 6.07) is 6.46. The first-order valence-electron chi connectivity index (χ1n) is 6.97. The molecule has 1 aliphatic heterocycles. The van der Waals surface area contributed by atoms with E-state index in [0.29, 0.717) is 5.75 Å². The predicted molar refractivity (Wildman–Crippen MR) is 78.4 cm³/mol. The normalized spacial score (nSPS) is 20.1. The van der Waals surface area contributed by atoms with Gasteiger partial charge in [-0.1, -0.05) is 0 Å². The first-order valence-corrected chi connectivity index (χ1v) is 8.45. The van der Waals surface area contributed by atoms with E-state index in [2.05, 4.69) is 10.0 Å². The Hall–Kier alpha value is -1.11. The van der Waals surface area contributed by atoms with Gasteiger partial charge in [0.25, 0.3) is 0 Å². The maximum absolute atomic E-state index is 12.0. The van der Waals surface area contributed by atoms with Crippen LogP contribution in [0.4, 0.5) is 0 Å². The van der Waals surface area contributed by atoms with Crippen molar-refractivity contribution in [3.05, 3.63) is 24.3 Å². The number of sulfonamides is 1. The second kappa shape index (κ2) is 6.56. The molecular formula is C14H22N2O3S. The van der Waals surface area contributed by atoms with Crippen LogP contribution < -0.4 is 14.8 Å². The fraction of sp³-hybridized carbons (Fsp3) is 0.571. The van der Waals surface area contributed by atoms with Gasteiger partial charge < -0.3 is 10.1 Å². The summed E-state index contributed by atoms with van der Waals surface area (Å²) in [5, 5.41) is 3.28. The van der Waals surface area contributed by atoms with Crippen LogP contribution in [0.1, 0.15) is 26.7 Å². The summed E-state index contributed by atoms with van der Waals surface area (Å²) >= 11 is 0. The number of benzene rings is 1.